The van der Waals surface area contributed by atoms with E-state index in [1.165, 1.54) is 19.3 Å². The predicted molar refractivity (Wildman–Crippen MR) is 76.2 cm³/mol. The largest absolute Gasteiger partial charge is 0.478 e. The quantitative estimate of drug-likeness (QED) is 0.874. The maximum atomic E-state index is 10.9. The molecule has 0 bridgehead atoms. The lowest BCUT2D eigenvalue weighted by molar-refractivity contribution is 0.0696. The molecule has 2 unspecified atom stereocenters. The molecule has 0 heterocycles. The fourth-order valence-corrected chi connectivity index (χ4v) is 3.13. The van der Waals surface area contributed by atoms with Crippen LogP contribution in [0, 0.1) is 11.8 Å². The summed E-state index contributed by atoms with van der Waals surface area (Å²) < 4.78 is 0. The third kappa shape index (κ3) is 3.57. The Bertz CT molecular complexity index is 434. The van der Waals surface area contributed by atoms with Crippen molar-refractivity contribution in [3.05, 3.63) is 35.4 Å². The van der Waals surface area contributed by atoms with Crippen molar-refractivity contribution in [1.29, 1.82) is 0 Å². The van der Waals surface area contributed by atoms with Crippen LogP contribution in [0.3, 0.4) is 0 Å². The van der Waals surface area contributed by atoms with Gasteiger partial charge in [0.2, 0.25) is 0 Å². The van der Waals surface area contributed by atoms with Crippen molar-refractivity contribution in [2.75, 3.05) is 0 Å². The van der Waals surface area contributed by atoms with Crippen molar-refractivity contribution in [3.63, 3.8) is 0 Å². The molecule has 1 aromatic carbocycles. The Kier molecular flexibility index (Phi) is 4.59. The number of benzene rings is 1. The monoisotopic (exact) mass is 261 g/mol. The summed E-state index contributed by atoms with van der Waals surface area (Å²) in [5.74, 6) is 0.541. The van der Waals surface area contributed by atoms with Crippen molar-refractivity contribution in [1.82, 2.24) is 5.32 Å². The molecule has 0 aliphatic heterocycles. The second-order valence-corrected chi connectivity index (χ2v) is 5.80. The Morgan fingerprint density at radius 3 is 2.63 bits per heavy atom. The van der Waals surface area contributed by atoms with E-state index in [1.54, 1.807) is 12.1 Å². The van der Waals surface area contributed by atoms with Gasteiger partial charge in [0.25, 0.3) is 0 Å². The number of carboxylic acid groups (broad SMARTS) is 1. The molecule has 0 amide bonds. The molecule has 1 fully saturated rings. The zero-order chi connectivity index (χ0) is 13.8. The minimum absolute atomic E-state index is 0.365. The lowest BCUT2D eigenvalue weighted by atomic mass is 9.78. The molecule has 1 aliphatic rings. The molecule has 1 saturated carbocycles. The van der Waals surface area contributed by atoms with E-state index in [4.69, 9.17) is 5.11 Å². The van der Waals surface area contributed by atoms with Crippen LogP contribution in [-0.2, 0) is 6.54 Å². The highest BCUT2D eigenvalue weighted by atomic mass is 16.4. The number of carboxylic acids is 1. The fraction of sp³-hybridized carbons (Fsp3) is 0.562. The highest BCUT2D eigenvalue weighted by Crippen LogP contribution is 2.29. The summed E-state index contributed by atoms with van der Waals surface area (Å²) >= 11 is 0. The van der Waals surface area contributed by atoms with E-state index in [9.17, 15) is 4.79 Å². The molecule has 0 radical (unpaired) electrons. The Balaban J connectivity index is 1.98. The average molecular weight is 261 g/mol. The van der Waals surface area contributed by atoms with Crippen molar-refractivity contribution in [2.24, 2.45) is 11.8 Å². The van der Waals surface area contributed by atoms with Crippen LogP contribution in [0.1, 0.15) is 49.0 Å². The molecule has 0 saturated heterocycles. The second kappa shape index (κ2) is 6.20. The summed E-state index contributed by atoms with van der Waals surface area (Å²) in [5.41, 5.74) is 1.41. The number of aromatic carboxylic acids is 1. The SMILES string of the molecule is CC1CCCC(C)C1NCc1cccc(C(=O)O)c1. The predicted octanol–water partition coefficient (Wildman–Crippen LogP) is 3.30. The van der Waals surface area contributed by atoms with Gasteiger partial charge in [0.15, 0.2) is 0 Å². The Labute approximate surface area is 115 Å². The molecule has 0 spiro atoms. The Hall–Kier alpha value is -1.35. The zero-order valence-corrected chi connectivity index (χ0v) is 11.7. The van der Waals surface area contributed by atoms with Gasteiger partial charge in [0.1, 0.15) is 0 Å². The van der Waals surface area contributed by atoms with Gasteiger partial charge in [0, 0.05) is 12.6 Å². The molecule has 1 aromatic rings. The second-order valence-electron chi connectivity index (χ2n) is 5.80. The van der Waals surface area contributed by atoms with E-state index in [0.717, 1.165) is 12.1 Å². The molecule has 3 nitrogen and oxygen atoms in total. The molecule has 3 heteroatoms. The smallest absolute Gasteiger partial charge is 0.335 e. The summed E-state index contributed by atoms with van der Waals surface area (Å²) in [7, 11) is 0. The van der Waals surface area contributed by atoms with Gasteiger partial charge in [0.05, 0.1) is 5.56 Å². The number of hydrogen-bond donors (Lipinski definition) is 2. The number of rotatable bonds is 4. The maximum Gasteiger partial charge on any atom is 0.335 e. The minimum Gasteiger partial charge on any atom is -0.478 e. The van der Waals surface area contributed by atoms with E-state index < -0.39 is 5.97 Å². The molecular weight excluding hydrogens is 238 g/mol. The van der Waals surface area contributed by atoms with Gasteiger partial charge in [-0.3, -0.25) is 0 Å². The minimum atomic E-state index is -0.860. The fourth-order valence-electron chi connectivity index (χ4n) is 3.13. The number of nitrogens with one attached hydrogen (secondary N) is 1. The zero-order valence-electron chi connectivity index (χ0n) is 11.7. The van der Waals surface area contributed by atoms with E-state index in [2.05, 4.69) is 19.2 Å². The van der Waals surface area contributed by atoms with Gasteiger partial charge in [-0.05, 0) is 42.4 Å². The molecule has 0 aromatic heterocycles. The van der Waals surface area contributed by atoms with Crippen molar-refractivity contribution >= 4 is 5.97 Å². The molecule has 104 valence electrons. The standard InChI is InChI=1S/C16H23NO2/c1-11-5-3-6-12(2)15(11)17-10-13-7-4-8-14(9-13)16(18)19/h4,7-9,11-12,15,17H,3,5-6,10H2,1-2H3,(H,18,19). The summed E-state index contributed by atoms with van der Waals surface area (Å²) in [6, 6.07) is 7.74. The molecule has 2 N–H and O–H groups in total. The third-order valence-corrected chi connectivity index (χ3v) is 4.26. The molecular formula is C16H23NO2. The van der Waals surface area contributed by atoms with E-state index in [-0.39, 0.29) is 0 Å². The van der Waals surface area contributed by atoms with Gasteiger partial charge in [-0.15, -0.1) is 0 Å². The van der Waals surface area contributed by atoms with Crippen LogP contribution < -0.4 is 5.32 Å². The van der Waals surface area contributed by atoms with Crippen LogP contribution in [0.15, 0.2) is 24.3 Å². The van der Waals surface area contributed by atoms with Crippen LogP contribution in [0.2, 0.25) is 0 Å². The Morgan fingerprint density at radius 2 is 2.00 bits per heavy atom. The molecule has 1 aliphatic carbocycles. The molecule has 19 heavy (non-hydrogen) atoms. The van der Waals surface area contributed by atoms with Crippen molar-refractivity contribution < 1.29 is 9.90 Å². The first-order valence-electron chi connectivity index (χ1n) is 7.13. The van der Waals surface area contributed by atoms with Gasteiger partial charge in [-0.1, -0.05) is 32.4 Å². The van der Waals surface area contributed by atoms with Crippen LogP contribution in [-0.4, -0.2) is 17.1 Å². The topological polar surface area (TPSA) is 49.3 Å². The van der Waals surface area contributed by atoms with E-state index in [1.807, 2.05) is 12.1 Å². The Morgan fingerprint density at radius 1 is 1.32 bits per heavy atom. The van der Waals surface area contributed by atoms with Crippen molar-refractivity contribution in [2.45, 2.75) is 45.7 Å². The highest BCUT2D eigenvalue weighted by molar-refractivity contribution is 5.87. The first-order chi connectivity index (χ1) is 9.08. The van der Waals surface area contributed by atoms with Gasteiger partial charge >= 0.3 is 5.97 Å². The maximum absolute atomic E-state index is 10.9. The lowest BCUT2D eigenvalue weighted by Gasteiger charge is -2.35. The average Bonchev–Trinajstić information content (AvgIpc) is 2.38. The normalized spacial score (nSPS) is 27.2. The van der Waals surface area contributed by atoms with E-state index >= 15 is 0 Å². The van der Waals surface area contributed by atoms with Gasteiger partial charge in [-0.2, -0.15) is 0 Å². The molecule has 2 rings (SSSR count). The first kappa shape index (κ1) is 14.1. The number of carbonyl (C=O) groups is 1. The van der Waals surface area contributed by atoms with Gasteiger partial charge in [-0.25, -0.2) is 4.79 Å². The number of hydrogen-bond acceptors (Lipinski definition) is 2. The highest BCUT2D eigenvalue weighted by Gasteiger charge is 2.26. The van der Waals surface area contributed by atoms with Crippen LogP contribution in [0.5, 0.6) is 0 Å². The first-order valence-corrected chi connectivity index (χ1v) is 7.13. The van der Waals surface area contributed by atoms with E-state index in [0.29, 0.717) is 23.4 Å². The van der Waals surface area contributed by atoms with Crippen molar-refractivity contribution in [3.8, 4) is 0 Å². The molecule has 2 atom stereocenters. The van der Waals surface area contributed by atoms with Crippen LogP contribution in [0.4, 0.5) is 0 Å². The summed E-state index contributed by atoms with van der Waals surface area (Å²) in [6.45, 7) is 5.36. The summed E-state index contributed by atoms with van der Waals surface area (Å²) in [6.07, 6.45) is 3.91. The third-order valence-electron chi connectivity index (χ3n) is 4.26. The van der Waals surface area contributed by atoms with Gasteiger partial charge < -0.3 is 10.4 Å². The summed E-state index contributed by atoms with van der Waals surface area (Å²) in [5, 5.41) is 12.6. The van der Waals surface area contributed by atoms with Crippen LogP contribution >= 0.6 is 0 Å². The summed E-state index contributed by atoms with van der Waals surface area (Å²) in [4.78, 5) is 10.9. The lowest BCUT2D eigenvalue weighted by Crippen LogP contribution is -2.42. The van der Waals surface area contributed by atoms with Crippen LogP contribution in [0.25, 0.3) is 0 Å².